The first kappa shape index (κ1) is 36.9. The molecule has 286 valence electrons. The van der Waals surface area contributed by atoms with Gasteiger partial charge in [0.2, 0.25) is 5.82 Å². The Kier molecular flexibility index (Phi) is 8.98. The Labute approximate surface area is 320 Å². The van der Waals surface area contributed by atoms with E-state index < -0.39 is 45.7 Å². The van der Waals surface area contributed by atoms with E-state index in [0.29, 0.717) is 52.5 Å². The zero-order valence-corrected chi connectivity index (χ0v) is 31.5. The average Bonchev–Trinajstić information content (AvgIpc) is 3.54. The van der Waals surface area contributed by atoms with Gasteiger partial charge >= 0.3 is 0 Å². The van der Waals surface area contributed by atoms with Gasteiger partial charge in [-0.15, -0.1) is 0 Å². The van der Waals surface area contributed by atoms with Gasteiger partial charge in [-0.3, -0.25) is 0 Å². The number of hydrogen-bond donors (Lipinski definition) is 0. The molecule has 10 heteroatoms. The summed E-state index contributed by atoms with van der Waals surface area (Å²) in [6, 6.07) is 23.7. The lowest BCUT2D eigenvalue weighted by atomic mass is 9.70. The van der Waals surface area contributed by atoms with Crippen molar-refractivity contribution in [1.82, 2.24) is 0 Å². The molecule has 0 saturated heterocycles. The number of methoxy groups -OCH3 is 4. The van der Waals surface area contributed by atoms with Gasteiger partial charge < -0.3 is 23.7 Å². The van der Waals surface area contributed by atoms with Gasteiger partial charge in [-0.05, 0) is 94.6 Å². The fourth-order valence-electron chi connectivity index (χ4n) is 8.69. The molecule has 0 saturated carbocycles. The average molecular weight is 765 g/mol. The molecule has 0 fully saturated rings. The normalized spacial score (nSPS) is 14.5. The van der Waals surface area contributed by atoms with Gasteiger partial charge in [0.25, 0.3) is 0 Å². The van der Waals surface area contributed by atoms with E-state index in [-0.39, 0.29) is 5.56 Å². The predicted octanol–water partition coefficient (Wildman–Crippen LogP) is 11.7. The summed E-state index contributed by atoms with van der Waals surface area (Å²) in [4.78, 5) is 0. The summed E-state index contributed by atoms with van der Waals surface area (Å²) >= 11 is 0. The van der Waals surface area contributed by atoms with E-state index in [2.05, 4.69) is 6.08 Å². The van der Waals surface area contributed by atoms with Gasteiger partial charge in [-0.2, -0.15) is 0 Å². The molecule has 0 radical (unpaired) electrons. The van der Waals surface area contributed by atoms with E-state index in [4.69, 9.17) is 23.7 Å². The van der Waals surface area contributed by atoms with Crippen LogP contribution in [0.25, 0.3) is 39.1 Å². The topological polar surface area (TPSA) is 46.2 Å². The van der Waals surface area contributed by atoms with Crippen LogP contribution in [0, 0.1) is 29.1 Å². The van der Waals surface area contributed by atoms with Crippen LogP contribution >= 0.6 is 0 Å². The van der Waals surface area contributed by atoms with Crippen molar-refractivity contribution in [1.29, 1.82) is 0 Å². The van der Waals surface area contributed by atoms with Crippen molar-refractivity contribution in [2.75, 3.05) is 28.4 Å². The van der Waals surface area contributed by atoms with Crippen LogP contribution < -0.4 is 23.7 Å². The first-order chi connectivity index (χ1) is 27.0. The molecule has 0 bridgehead atoms. The SMILES string of the molecule is CCC1(CC)c2cc(-c3c(F)c(F)c(F)c(F)c3F)ccc2-c2c1c1c(c3cc(OC)c(OC)cc23)OC(c2ccc(OC)cc2)(c2ccc(OC)cc2)C=C1. The standard InChI is InChI=1S/C46H37F5O5/c1-7-45(8-2)33-21-24(36-39(47)41(49)43(51)42(50)40(36)48)9-18-29(33)37-31-22-34(54-5)35(55-6)23-32(31)44-30(38(37)45)19-20-46(56-44,25-10-14-27(52-3)15-11-25)26-12-16-28(53-4)17-13-26/h9-23H,7-8H2,1-6H3. The van der Waals surface area contributed by atoms with Crippen LogP contribution in [0.2, 0.25) is 0 Å². The van der Waals surface area contributed by atoms with E-state index in [0.717, 1.165) is 38.8 Å². The minimum atomic E-state index is -2.21. The van der Waals surface area contributed by atoms with E-state index in [1.54, 1.807) is 40.6 Å². The highest BCUT2D eigenvalue weighted by Gasteiger charge is 2.47. The van der Waals surface area contributed by atoms with Crippen molar-refractivity contribution in [2.24, 2.45) is 0 Å². The van der Waals surface area contributed by atoms with E-state index >= 15 is 8.78 Å². The molecule has 6 aromatic rings. The van der Waals surface area contributed by atoms with Crippen molar-refractivity contribution >= 4 is 16.8 Å². The Balaban J connectivity index is 1.46. The third-order valence-corrected chi connectivity index (χ3v) is 11.6. The number of halogens is 5. The second kappa shape index (κ2) is 13.6. The molecule has 0 N–H and O–H groups in total. The molecule has 0 unspecified atom stereocenters. The molecule has 2 aliphatic rings. The van der Waals surface area contributed by atoms with Crippen molar-refractivity contribution in [3.8, 4) is 51.0 Å². The van der Waals surface area contributed by atoms with Crippen molar-refractivity contribution in [3.05, 3.63) is 142 Å². The molecule has 1 aliphatic heterocycles. The highest BCUT2D eigenvalue weighted by molar-refractivity contribution is 6.10. The fraction of sp³-hybridized carbons (Fsp3) is 0.217. The number of benzene rings is 6. The van der Waals surface area contributed by atoms with Crippen molar-refractivity contribution in [2.45, 2.75) is 37.7 Å². The maximum absolute atomic E-state index is 15.3. The smallest absolute Gasteiger partial charge is 0.200 e. The molecular weight excluding hydrogens is 727 g/mol. The maximum Gasteiger partial charge on any atom is 0.200 e. The summed E-state index contributed by atoms with van der Waals surface area (Å²) in [6.07, 6.45) is 5.14. The molecule has 8 rings (SSSR count). The van der Waals surface area contributed by atoms with Crippen LogP contribution in [0.15, 0.2) is 84.9 Å². The lowest BCUT2D eigenvalue weighted by molar-refractivity contribution is 0.163. The van der Waals surface area contributed by atoms with Crippen LogP contribution in [0.3, 0.4) is 0 Å². The second-order valence-electron chi connectivity index (χ2n) is 13.9. The van der Waals surface area contributed by atoms with Crippen LogP contribution in [-0.2, 0) is 11.0 Å². The van der Waals surface area contributed by atoms with Crippen LogP contribution in [0.1, 0.15) is 54.5 Å². The van der Waals surface area contributed by atoms with Crippen molar-refractivity contribution < 1.29 is 45.6 Å². The quantitative estimate of drug-likeness (QED) is 0.0833. The molecule has 0 amide bonds. The largest absolute Gasteiger partial charge is 0.497 e. The Morgan fingerprint density at radius 2 is 1.09 bits per heavy atom. The zero-order valence-electron chi connectivity index (χ0n) is 31.5. The van der Waals surface area contributed by atoms with Crippen LogP contribution in [0.4, 0.5) is 22.0 Å². The highest BCUT2D eigenvalue weighted by atomic mass is 19.2. The molecule has 56 heavy (non-hydrogen) atoms. The summed E-state index contributed by atoms with van der Waals surface area (Å²) < 4.78 is 104. The predicted molar refractivity (Wildman–Crippen MR) is 206 cm³/mol. The number of hydrogen-bond acceptors (Lipinski definition) is 5. The second-order valence-corrected chi connectivity index (χ2v) is 13.9. The number of rotatable bonds is 9. The van der Waals surface area contributed by atoms with Gasteiger partial charge in [0.1, 0.15) is 17.2 Å². The molecule has 1 aliphatic carbocycles. The van der Waals surface area contributed by atoms with E-state index in [1.165, 1.54) is 6.07 Å². The van der Waals surface area contributed by atoms with Crippen molar-refractivity contribution in [3.63, 3.8) is 0 Å². The minimum absolute atomic E-state index is 0.127. The Bertz CT molecular complexity index is 2500. The third kappa shape index (κ3) is 5.11. The number of ether oxygens (including phenoxy) is 5. The van der Waals surface area contributed by atoms with Gasteiger partial charge in [-0.25, -0.2) is 22.0 Å². The van der Waals surface area contributed by atoms with Gasteiger partial charge in [0, 0.05) is 27.5 Å². The molecule has 0 atom stereocenters. The molecule has 1 heterocycles. The van der Waals surface area contributed by atoms with Gasteiger partial charge in [-0.1, -0.05) is 56.3 Å². The van der Waals surface area contributed by atoms with Gasteiger partial charge in [0.05, 0.1) is 34.0 Å². The summed E-state index contributed by atoms with van der Waals surface area (Å²) in [5.74, 6) is -7.13. The monoisotopic (exact) mass is 764 g/mol. The first-order valence-electron chi connectivity index (χ1n) is 18.1. The summed E-state index contributed by atoms with van der Waals surface area (Å²) in [5.41, 5.74) is 2.63. The maximum atomic E-state index is 15.3. The van der Waals surface area contributed by atoms with E-state index in [1.807, 2.05) is 80.6 Å². The van der Waals surface area contributed by atoms with E-state index in [9.17, 15) is 13.2 Å². The molecule has 0 spiro atoms. The Morgan fingerprint density at radius 3 is 1.59 bits per heavy atom. The highest BCUT2D eigenvalue weighted by Crippen LogP contribution is 2.61. The molecule has 6 aromatic carbocycles. The molecule has 0 aromatic heterocycles. The molecule has 5 nitrogen and oxygen atoms in total. The third-order valence-electron chi connectivity index (χ3n) is 11.6. The number of fused-ring (bicyclic) bond motifs is 8. The fourth-order valence-corrected chi connectivity index (χ4v) is 8.69. The lowest BCUT2D eigenvalue weighted by Gasteiger charge is -2.39. The lowest BCUT2D eigenvalue weighted by Crippen LogP contribution is -2.35. The Hall–Kier alpha value is -6.03. The summed E-state index contributed by atoms with van der Waals surface area (Å²) in [5, 5.41) is 1.48. The first-order valence-corrected chi connectivity index (χ1v) is 18.1. The summed E-state index contributed by atoms with van der Waals surface area (Å²) in [6.45, 7) is 4.04. The molecular formula is C46H37F5O5. The minimum Gasteiger partial charge on any atom is -0.497 e. The van der Waals surface area contributed by atoms with Gasteiger partial charge in [0.15, 0.2) is 40.4 Å². The Morgan fingerprint density at radius 1 is 0.571 bits per heavy atom. The zero-order chi connectivity index (χ0) is 39.7. The van der Waals surface area contributed by atoms with Crippen LogP contribution in [0.5, 0.6) is 28.7 Å². The van der Waals surface area contributed by atoms with Crippen LogP contribution in [-0.4, -0.2) is 28.4 Å². The summed E-state index contributed by atoms with van der Waals surface area (Å²) in [7, 11) is 6.31.